The van der Waals surface area contributed by atoms with Crippen LogP contribution in [-0.4, -0.2) is 37.5 Å². The first-order valence-corrected chi connectivity index (χ1v) is 5.51. The highest BCUT2D eigenvalue weighted by Gasteiger charge is 2.38. The first kappa shape index (κ1) is 10.7. The molecule has 1 amide bonds. The maximum absolute atomic E-state index is 10.8. The van der Waals surface area contributed by atoms with Gasteiger partial charge < -0.3 is 20.5 Å². The van der Waals surface area contributed by atoms with Crippen molar-refractivity contribution in [1.82, 2.24) is 5.32 Å². The third-order valence-corrected chi connectivity index (χ3v) is 2.86. The lowest BCUT2D eigenvalue weighted by Crippen LogP contribution is -2.52. The van der Waals surface area contributed by atoms with Gasteiger partial charge in [0, 0.05) is 6.54 Å². The number of piperidine rings is 1. The van der Waals surface area contributed by atoms with E-state index >= 15 is 0 Å². The van der Waals surface area contributed by atoms with Gasteiger partial charge in [0.2, 0.25) is 0 Å². The molecule has 0 aromatic carbocycles. The number of rotatable bonds is 4. The van der Waals surface area contributed by atoms with E-state index in [0.717, 1.165) is 32.2 Å². The smallest absolute Gasteiger partial charge is 0.405 e. The van der Waals surface area contributed by atoms with Crippen LogP contribution in [0.5, 0.6) is 0 Å². The second-order valence-electron chi connectivity index (χ2n) is 4.39. The zero-order valence-corrected chi connectivity index (χ0v) is 8.83. The van der Waals surface area contributed by atoms with E-state index in [9.17, 15) is 4.79 Å². The van der Waals surface area contributed by atoms with E-state index in [1.165, 1.54) is 0 Å². The second-order valence-corrected chi connectivity index (χ2v) is 4.39. The number of carbonyl (C=O) groups is 1. The third kappa shape index (κ3) is 3.07. The minimum atomic E-state index is -0.710. The van der Waals surface area contributed by atoms with Crippen molar-refractivity contribution in [2.45, 2.75) is 37.4 Å². The van der Waals surface area contributed by atoms with Gasteiger partial charge in [0.25, 0.3) is 0 Å². The number of amides is 1. The van der Waals surface area contributed by atoms with Crippen LogP contribution in [0.3, 0.4) is 0 Å². The maximum Gasteiger partial charge on any atom is 0.405 e. The van der Waals surface area contributed by atoms with Crippen molar-refractivity contribution in [3.8, 4) is 0 Å². The monoisotopic (exact) mass is 214 g/mol. The number of hydrogen-bond donors (Lipinski definition) is 2. The summed E-state index contributed by atoms with van der Waals surface area (Å²) in [6.07, 6.45) is 3.73. The molecule has 2 rings (SSSR count). The number of ether oxygens (including phenoxy) is 2. The molecular weight excluding hydrogens is 196 g/mol. The van der Waals surface area contributed by atoms with Gasteiger partial charge in [-0.2, -0.15) is 0 Å². The lowest BCUT2D eigenvalue weighted by Gasteiger charge is -2.36. The molecule has 0 bridgehead atoms. The number of nitrogens with two attached hydrogens (primary N) is 1. The zero-order chi connectivity index (χ0) is 10.7. The molecule has 15 heavy (non-hydrogen) atoms. The van der Waals surface area contributed by atoms with Crippen molar-refractivity contribution in [2.24, 2.45) is 5.73 Å². The molecule has 1 atom stereocenters. The molecule has 5 heteroatoms. The molecule has 1 heterocycles. The normalized spacial score (nSPS) is 31.2. The average Bonchev–Trinajstić information content (AvgIpc) is 2.99. The lowest BCUT2D eigenvalue weighted by atomic mass is 9.95. The molecule has 1 saturated carbocycles. The Morgan fingerprint density at radius 2 is 2.33 bits per heavy atom. The Kier molecular flexibility index (Phi) is 3.11. The van der Waals surface area contributed by atoms with Crippen LogP contribution in [0, 0.1) is 0 Å². The molecule has 1 aliphatic heterocycles. The summed E-state index contributed by atoms with van der Waals surface area (Å²) in [6, 6.07) is 0. The number of nitrogens with one attached hydrogen (secondary N) is 1. The molecule has 0 spiro atoms. The zero-order valence-electron chi connectivity index (χ0n) is 8.83. The molecule has 1 saturated heterocycles. The summed E-state index contributed by atoms with van der Waals surface area (Å²) < 4.78 is 10.8. The van der Waals surface area contributed by atoms with E-state index in [2.05, 4.69) is 5.32 Å². The number of hydrogen-bond acceptors (Lipinski definition) is 4. The summed E-state index contributed by atoms with van der Waals surface area (Å²) in [5.74, 6) is 0. The summed E-state index contributed by atoms with van der Waals surface area (Å²) in [5.41, 5.74) is 4.55. The molecule has 86 valence electrons. The van der Waals surface area contributed by atoms with Gasteiger partial charge in [-0.15, -0.1) is 0 Å². The SMILES string of the molecule is NC(=O)OC1(COC2CC2)CCCNC1. The largest absolute Gasteiger partial charge is 0.439 e. The van der Waals surface area contributed by atoms with Crippen LogP contribution in [0.25, 0.3) is 0 Å². The molecule has 0 radical (unpaired) electrons. The minimum absolute atomic E-state index is 0.375. The average molecular weight is 214 g/mol. The fourth-order valence-corrected chi connectivity index (χ4v) is 1.90. The first-order chi connectivity index (χ1) is 7.20. The highest BCUT2D eigenvalue weighted by molar-refractivity contribution is 5.65. The standard InChI is InChI=1S/C10H18N2O3/c11-9(13)15-10(4-1-5-12-6-10)7-14-8-2-3-8/h8,12H,1-7H2,(H2,11,13). The van der Waals surface area contributed by atoms with E-state index in [-0.39, 0.29) is 0 Å². The highest BCUT2D eigenvalue weighted by atomic mass is 16.6. The maximum atomic E-state index is 10.8. The molecular formula is C10H18N2O3. The highest BCUT2D eigenvalue weighted by Crippen LogP contribution is 2.28. The van der Waals surface area contributed by atoms with Gasteiger partial charge in [0.05, 0.1) is 12.7 Å². The van der Waals surface area contributed by atoms with E-state index < -0.39 is 11.7 Å². The quantitative estimate of drug-likeness (QED) is 0.709. The van der Waals surface area contributed by atoms with Gasteiger partial charge in [0.1, 0.15) is 5.60 Å². The van der Waals surface area contributed by atoms with Crippen LogP contribution < -0.4 is 11.1 Å². The summed E-state index contributed by atoms with van der Waals surface area (Å²) in [7, 11) is 0. The first-order valence-electron chi connectivity index (χ1n) is 5.51. The predicted octanol–water partition coefficient (Wildman–Crippen LogP) is 0.383. The predicted molar refractivity (Wildman–Crippen MR) is 54.5 cm³/mol. The minimum Gasteiger partial charge on any atom is -0.439 e. The van der Waals surface area contributed by atoms with Crippen LogP contribution in [0.1, 0.15) is 25.7 Å². The van der Waals surface area contributed by atoms with Crippen molar-refractivity contribution in [1.29, 1.82) is 0 Å². The number of carbonyl (C=O) groups excluding carboxylic acids is 1. The molecule has 0 aromatic rings. The summed E-state index contributed by atoms with van der Waals surface area (Å²) in [5, 5.41) is 3.21. The van der Waals surface area contributed by atoms with Crippen LogP contribution in [-0.2, 0) is 9.47 Å². The fraction of sp³-hybridized carbons (Fsp3) is 0.900. The second kappa shape index (κ2) is 4.37. The number of primary amides is 1. The van der Waals surface area contributed by atoms with E-state index in [1.807, 2.05) is 0 Å². The third-order valence-electron chi connectivity index (χ3n) is 2.86. The molecule has 1 aliphatic carbocycles. The van der Waals surface area contributed by atoms with Crippen LogP contribution >= 0.6 is 0 Å². The van der Waals surface area contributed by atoms with E-state index in [4.69, 9.17) is 15.2 Å². The lowest BCUT2D eigenvalue weighted by molar-refractivity contribution is -0.0693. The molecule has 5 nitrogen and oxygen atoms in total. The van der Waals surface area contributed by atoms with E-state index in [1.54, 1.807) is 0 Å². The van der Waals surface area contributed by atoms with Crippen molar-refractivity contribution in [3.63, 3.8) is 0 Å². The molecule has 2 fully saturated rings. The van der Waals surface area contributed by atoms with Gasteiger partial charge in [-0.1, -0.05) is 0 Å². The summed E-state index contributed by atoms with van der Waals surface area (Å²) in [4.78, 5) is 10.8. The summed E-state index contributed by atoms with van der Waals surface area (Å²) in [6.45, 7) is 2.07. The van der Waals surface area contributed by atoms with E-state index in [0.29, 0.717) is 19.3 Å². The van der Waals surface area contributed by atoms with Crippen molar-refractivity contribution in [3.05, 3.63) is 0 Å². The van der Waals surface area contributed by atoms with Gasteiger partial charge in [0.15, 0.2) is 0 Å². The van der Waals surface area contributed by atoms with Gasteiger partial charge in [-0.05, 0) is 32.2 Å². The van der Waals surface area contributed by atoms with Crippen molar-refractivity contribution < 1.29 is 14.3 Å². The van der Waals surface area contributed by atoms with Crippen molar-refractivity contribution >= 4 is 6.09 Å². The fourth-order valence-electron chi connectivity index (χ4n) is 1.90. The van der Waals surface area contributed by atoms with Gasteiger partial charge in [-0.25, -0.2) is 4.79 Å². The Morgan fingerprint density at radius 3 is 2.87 bits per heavy atom. The molecule has 0 aromatic heterocycles. The van der Waals surface area contributed by atoms with Gasteiger partial charge >= 0.3 is 6.09 Å². The van der Waals surface area contributed by atoms with Crippen LogP contribution in [0.4, 0.5) is 4.79 Å². The Balaban J connectivity index is 1.89. The van der Waals surface area contributed by atoms with Crippen LogP contribution in [0.15, 0.2) is 0 Å². The Hall–Kier alpha value is -0.810. The molecule has 3 N–H and O–H groups in total. The topological polar surface area (TPSA) is 73.6 Å². The molecule has 2 aliphatic rings. The summed E-state index contributed by atoms with van der Waals surface area (Å²) >= 11 is 0. The molecule has 1 unspecified atom stereocenters. The van der Waals surface area contributed by atoms with Gasteiger partial charge in [-0.3, -0.25) is 0 Å². The Labute approximate surface area is 89.3 Å². The Bertz CT molecular complexity index is 235. The Morgan fingerprint density at radius 1 is 1.53 bits per heavy atom. The van der Waals surface area contributed by atoms with Crippen molar-refractivity contribution in [2.75, 3.05) is 19.7 Å². The van der Waals surface area contributed by atoms with Crippen LogP contribution in [0.2, 0.25) is 0 Å².